The van der Waals surface area contributed by atoms with Crippen molar-refractivity contribution in [1.29, 1.82) is 0 Å². The van der Waals surface area contributed by atoms with E-state index in [4.69, 9.17) is 8.83 Å². The maximum atomic E-state index is 14.0. The van der Waals surface area contributed by atoms with E-state index < -0.39 is 10.0 Å². The van der Waals surface area contributed by atoms with Gasteiger partial charge in [-0.2, -0.15) is 4.31 Å². The Bertz CT molecular complexity index is 1100. The zero-order valence-electron chi connectivity index (χ0n) is 16.1. The average molecular weight is 420 g/mol. The largest absolute Gasteiger partial charge is 0.451 e. The van der Waals surface area contributed by atoms with E-state index in [2.05, 4.69) is 10.2 Å². The Morgan fingerprint density at radius 2 is 1.83 bits per heavy atom. The van der Waals surface area contributed by atoms with Crippen LogP contribution in [0.5, 0.6) is 0 Å². The van der Waals surface area contributed by atoms with E-state index in [1.54, 1.807) is 18.2 Å². The van der Waals surface area contributed by atoms with Crippen LogP contribution in [0.1, 0.15) is 25.7 Å². The van der Waals surface area contributed by atoms with Gasteiger partial charge in [0.05, 0.1) is 11.3 Å². The third-order valence-corrected chi connectivity index (χ3v) is 6.55. The van der Waals surface area contributed by atoms with E-state index >= 15 is 0 Å². The van der Waals surface area contributed by atoms with Crippen LogP contribution in [0.2, 0.25) is 0 Å². The second kappa shape index (κ2) is 7.60. The highest BCUT2D eigenvalue weighted by Gasteiger charge is 2.32. The molecule has 1 aliphatic rings. The van der Waals surface area contributed by atoms with Gasteiger partial charge in [-0.3, -0.25) is 0 Å². The molecule has 3 heterocycles. The summed E-state index contributed by atoms with van der Waals surface area (Å²) in [5.41, 5.74) is 0.884. The van der Waals surface area contributed by atoms with Gasteiger partial charge in [0, 0.05) is 38.2 Å². The first-order chi connectivity index (χ1) is 13.9. The van der Waals surface area contributed by atoms with Gasteiger partial charge >= 0.3 is 0 Å². The Balaban J connectivity index is 1.48. The summed E-state index contributed by atoms with van der Waals surface area (Å²) in [6.07, 6.45) is 1.29. The average Bonchev–Trinajstić information content (AvgIpc) is 3.38. The Hall–Kier alpha value is -2.72. The molecule has 0 bridgehead atoms. The number of furan rings is 1. The van der Waals surface area contributed by atoms with E-state index in [1.807, 2.05) is 18.7 Å². The molecule has 0 spiro atoms. The van der Waals surface area contributed by atoms with Gasteiger partial charge in [0.2, 0.25) is 11.0 Å². The molecule has 0 atom stereocenters. The number of anilines is 1. The summed E-state index contributed by atoms with van der Waals surface area (Å²) in [6, 6.07) is 7.85. The Labute approximate surface area is 168 Å². The fourth-order valence-corrected chi connectivity index (χ4v) is 4.50. The fourth-order valence-electron chi connectivity index (χ4n) is 3.15. The van der Waals surface area contributed by atoms with Crippen molar-refractivity contribution < 1.29 is 21.6 Å². The maximum absolute atomic E-state index is 14.0. The predicted octanol–water partition coefficient (Wildman–Crippen LogP) is 3.10. The van der Waals surface area contributed by atoms with Crippen LogP contribution >= 0.6 is 0 Å². The second-order valence-corrected chi connectivity index (χ2v) is 8.97. The zero-order chi connectivity index (χ0) is 20.6. The van der Waals surface area contributed by atoms with Crippen molar-refractivity contribution in [2.45, 2.75) is 24.9 Å². The molecule has 0 unspecified atom stereocenters. The SMILES string of the molecule is CC(C)c1nnc(-c2coc(S(=O)(=O)N3CCN(c4ccccc4F)CC3)c2)o1. The molecule has 0 aliphatic carbocycles. The molecular weight excluding hydrogens is 399 g/mol. The Morgan fingerprint density at radius 1 is 1.10 bits per heavy atom. The lowest BCUT2D eigenvalue weighted by Crippen LogP contribution is -2.48. The Morgan fingerprint density at radius 3 is 2.48 bits per heavy atom. The van der Waals surface area contributed by atoms with Gasteiger partial charge in [-0.15, -0.1) is 10.2 Å². The monoisotopic (exact) mass is 420 g/mol. The van der Waals surface area contributed by atoms with Crippen LogP contribution in [0, 0.1) is 5.82 Å². The van der Waals surface area contributed by atoms with Crippen LogP contribution in [0.3, 0.4) is 0 Å². The summed E-state index contributed by atoms with van der Waals surface area (Å²) in [5.74, 6) is 0.426. The summed E-state index contributed by atoms with van der Waals surface area (Å²) in [4.78, 5) is 1.83. The first-order valence-corrected chi connectivity index (χ1v) is 10.7. The quantitative estimate of drug-likeness (QED) is 0.626. The van der Waals surface area contributed by atoms with Crippen LogP contribution in [0.25, 0.3) is 11.5 Å². The first kappa shape index (κ1) is 19.6. The lowest BCUT2D eigenvalue weighted by molar-refractivity contribution is 0.360. The van der Waals surface area contributed by atoms with Crippen molar-refractivity contribution in [2.24, 2.45) is 0 Å². The number of sulfonamides is 1. The van der Waals surface area contributed by atoms with Crippen molar-refractivity contribution in [1.82, 2.24) is 14.5 Å². The molecule has 8 nitrogen and oxygen atoms in total. The first-order valence-electron chi connectivity index (χ1n) is 9.28. The van der Waals surface area contributed by atoms with Crippen LogP contribution < -0.4 is 4.90 Å². The van der Waals surface area contributed by atoms with Crippen molar-refractivity contribution in [2.75, 3.05) is 31.1 Å². The molecular formula is C19H21FN4O4S. The second-order valence-electron chi connectivity index (χ2n) is 7.10. The topological polar surface area (TPSA) is 92.7 Å². The van der Waals surface area contributed by atoms with Crippen LogP contribution in [0.4, 0.5) is 10.1 Å². The summed E-state index contributed by atoms with van der Waals surface area (Å²) < 4.78 is 52.0. The molecule has 0 N–H and O–H groups in total. The molecule has 29 heavy (non-hydrogen) atoms. The molecule has 0 amide bonds. The smallest absolute Gasteiger partial charge is 0.276 e. The minimum atomic E-state index is -3.82. The minimum Gasteiger partial charge on any atom is -0.451 e. The van der Waals surface area contributed by atoms with E-state index in [-0.39, 0.29) is 35.8 Å². The molecule has 0 radical (unpaired) electrons. The number of halogens is 1. The summed E-state index contributed by atoms with van der Waals surface area (Å²) >= 11 is 0. The number of hydrogen-bond donors (Lipinski definition) is 0. The summed E-state index contributed by atoms with van der Waals surface area (Å²) in [5, 5.41) is 7.70. The Kier molecular flexibility index (Phi) is 5.13. The van der Waals surface area contributed by atoms with Gasteiger partial charge in [-0.25, -0.2) is 12.8 Å². The molecule has 1 saturated heterocycles. The van der Waals surface area contributed by atoms with E-state index in [0.29, 0.717) is 30.2 Å². The lowest BCUT2D eigenvalue weighted by atomic mass is 10.2. The molecule has 10 heteroatoms. The van der Waals surface area contributed by atoms with E-state index in [9.17, 15) is 12.8 Å². The minimum absolute atomic E-state index is 0.0668. The highest BCUT2D eigenvalue weighted by molar-refractivity contribution is 7.89. The molecule has 2 aromatic heterocycles. The van der Waals surface area contributed by atoms with Gasteiger partial charge in [-0.05, 0) is 12.1 Å². The van der Waals surface area contributed by atoms with E-state index in [0.717, 1.165) is 0 Å². The molecule has 154 valence electrons. The number of nitrogens with zero attached hydrogens (tertiary/aromatic N) is 4. The summed E-state index contributed by atoms with van der Waals surface area (Å²) in [6.45, 7) is 5.06. The van der Waals surface area contributed by atoms with Crippen LogP contribution in [0.15, 0.2) is 50.5 Å². The van der Waals surface area contributed by atoms with Crippen molar-refractivity contribution in [3.8, 4) is 11.5 Å². The number of hydrogen-bond acceptors (Lipinski definition) is 7. The molecule has 1 fully saturated rings. The van der Waals surface area contributed by atoms with Crippen molar-refractivity contribution in [3.05, 3.63) is 48.3 Å². The van der Waals surface area contributed by atoms with Gasteiger partial charge in [0.25, 0.3) is 15.9 Å². The third-order valence-electron chi connectivity index (χ3n) is 4.78. The molecule has 4 rings (SSSR count). The van der Waals surface area contributed by atoms with Gasteiger partial charge < -0.3 is 13.7 Å². The van der Waals surface area contributed by atoms with E-state index in [1.165, 1.54) is 22.7 Å². The third kappa shape index (κ3) is 3.77. The van der Waals surface area contributed by atoms with Crippen LogP contribution in [-0.2, 0) is 10.0 Å². The number of para-hydroxylation sites is 1. The highest BCUT2D eigenvalue weighted by Crippen LogP contribution is 2.28. The van der Waals surface area contributed by atoms with Gasteiger partial charge in [0.1, 0.15) is 12.1 Å². The highest BCUT2D eigenvalue weighted by atomic mass is 32.2. The number of aromatic nitrogens is 2. The maximum Gasteiger partial charge on any atom is 0.276 e. The summed E-state index contributed by atoms with van der Waals surface area (Å²) in [7, 11) is -3.82. The molecule has 3 aromatic rings. The van der Waals surface area contributed by atoms with Crippen molar-refractivity contribution >= 4 is 15.7 Å². The number of piperazine rings is 1. The van der Waals surface area contributed by atoms with Gasteiger partial charge in [0.15, 0.2) is 0 Å². The van der Waals surface area contributed by atoms with Gasteiger partial charge in [-0.1, -0.05) is 26.0 Å². The fraction of sp³-hybridized carbons (Fsp3) is 0.368. The lowest BCUT2D eigenvalue weighted by Gasteiger charge is -2.34. The molecule has 0 saturated carbocycles. The zero-order valence-corrected chi connectivity index (χ0v) is 16.9. The standard InChI is InChI=1S/C19H21FN4O4S/c1-13(2)18-21-22-19(28-18)14-11-17(27-12-14)29(25,26)24-9-7-23(8-10-24)16-6-4-3-5-15(16)20/h3-6,11-13H,7-10H2,1-2H3. The van der Waals surface area contributed by atoms with Crippen molar-refractivity contribution in [3.63, 3.8) is 0 Å². The molecule has 1 aliphatic heterocycles. The van der Waals surface area contributed by atoms with Crippen LogP contribution in [-0.4, -0.2) is 49.1 Å². The normalized spacial score (nSPS) is 15.9. The molecule has 1 aromatic carbocycles. The predicted molar refractivity (Wildman–Crippen MR) is 103 cm³/mol. The number of benzene rings is 1. The number of rotatable bonds is 5.